The lowest BCUT2D eigenvalue weighted by atomic mass is 10.2. The number of pyridine rings is 1. The third-order valence-electron chi connectivity index (χ3n) is 3.45. The third kappa shape index (κ3) is 3.12. The fourth-order valence-electron chi connectivity index (χ4n) is 2.24. The lowest BCUT2D eigenvalue weighted by Crippen LogP contribution is -2.03. The van der Waals surface area contributed by atoms with Crippen LogP contribution in [0.1, 0.15) is 16.8 Å². The molecule has 0 fully saturated rings. The molecule has 8 heteroatoms. The molecule has 0 atom stereocenters. The Hall–Kier alpha value is -2.41. The number of benzene rings is 1. The van der Waals surface area contributed by atoms with Crippen molar-refractivity contribution in [2.24, 2.45) is 10.2 Å². The van der Waals surface area contributed by atoms with Crippen molar-refractivity contribution in [3.8, 4) is 0 Å². The molecule has 3 rings (SSSR count). The van der Waals surface area contributed by atoms with E-state index in [0.29, 0.717) is 17.2 Å². The number of azo groups is 1. The number of imidazole rings is 1. The zero-order valence-electron chi connectivity index (χ0n) is 12.8. The smallest absolute Gasteiger partial charge is 0.283 e. The lowest BCUT2D eigenvalue weighted by molar-refractivity contribution is -0.137. The number of hydrogen-bond acceptors (Lipinski definition) is 3. The SMILES string of the molecule is Cc1ccn2c(N=Nc3cc(C(F)(F)F)ccc3Cl)c(C)nc2c1. The molecule has 2 aromatic heterocycles. The molecule has 0 aliphatic carbocycles. The van der Waals surface area contributed by atoms with Crippen LogP contribution in [-0.2, 0) is 6.18 Å². The van der Waals surface area contributed by atoms with Crippen molar-refractivity contribution in [1.29, 1.82) is 0 Å². The Morgan fingerprint density at radius 2 is 1.83 bits per heavy atom. The van der Waals surface area contributed by atoms with Gasteiger partial charge in [0.25, 0.3) is 0 Å². The van der Waals surface area contributed by atoms with Crippen LogP contribution in [0.15, 0.2) is 46.8 Å². The largest absolute Gasteiger partial charge is 0.416 e. The summed E-state index contributed by atoms with van der Waals surface area (Å²) < 4.78 is 40.1. The van der Waals surface area contributed by atoms with Gasteiger partial charge in [-0.05, 0) is 49.7 Å². The van der Waals surface area contributed by atoms with Gasteiger partial charge >= 0.3 is 6.18 Å². The van der Waals surface area contributed by atoms with Gasteiger partial charge in [-0.25, -0.2) is 4.98 Å². The van der Waals surface area contributed by atoms with Crippen LogP contribution in [0.25, 0.3) is 5.65 Å². The predicted molar refractivity (Wildman–Crippen MR) is 85.3 cm³/mol. The first-order chi connectivity index (χ1) is 11.3. The number of nitrogens with zero attached hydrogens (tertiary/aromatic N) is 4. The van der Waals surface area contributed by atoms with E-state index in [4.69, 9.17) is 11.6 Å². The first-order valence-corrected chi connectivity index (χ1v) is 7.37. The van der Waals surface area contributed by atoms with Gasteiger partial charge in [-0.3, -0.25) is 4.40 Å². The maximum Gasteiger partial charge on any atom is 0.416 e. The Labute approximate surface area is 140 Å². The highest BCUT2D eigenvalue weighted by Gasteiger charge is 2.31. The fraction of sp³-hybridized carbons (Fsp3) is 0.188. The predicted octanol–water partition coefficient (Wildman–Crippen LogP) is 6.04. The zero-order chi connectivity index (χ0) is 17.5. The Morgan fingerprint density at radius 1 is 1.08 bits per heavy atom. The van der Waals surface area contributed by atoms with Crippen LogP contribution in [0.3, 0.4) is 0 Å². The highest BCUT2D eigenvalue weighted by atomic mass is 35.5. The summed E-state index contributed by atoms with van der Waals surface area (Å²) in [7, 11) is 0. The lowest BCUT2D eigenvalue weighted by Gasteiger charge is -2.07. The number of aryl methyl sites for hydroxylation is 2. The highest BCUT2D eigenvalue weighted by molar-refractivity contribution is 6.32. The molecule has 0 radical (unpaired) electrons. The van der Waals surface area contributed by atoms with Gasteiger partial charge in [-0.15, -0.1) is 10.2 Å². The van der Waals surface area contributed by atoms with E-state index in [-0.39, 0.29) is 10.7 Å². The molecule has 0 saturated heterocycles. The maximum atomic E-state index is 12.8. The molecule has 2 heterocycles. The first kappa shape index (κ1) is 16.4. The van der Waals surface area contributed by atoms with E-state index < -0.39 is 11.7 Å². The monoisotopic (exact) mass is 352 g/mol. The summed E-state index contributed by atoms with van der Waals surface area (Å²) >= 11 is 5.92. The quantitative estimate of drug-likeness (QED) is 0.518. The van der Waals surface area contributed by atoms with Crippen molar-refractivity contribution in [3.05, 3.63) is 58.4 Å². The second kappa shape index (κ2) is 5.90. The van der Waals surface area contributed by atoms with Gasteiger partial charge in [0.1, 0.15) is 11.3 Å². The molecule has 0 spiro atoms. The molecule has 0 N–H and O–H groups in total. The standard InChI is InChI=1S/C16H12ClF3N4/c1-9-5-6-24-14(7-9)21-10(2)15(24)23-22-13-8-11(16(18,19)20)3-4-12(13)17/h3-8H,1-2H3. The maximum absolute atomic E-state index is 12.8. The normalized spacial score (nSPS) is 12.4. The van der Waals surface area contributed by atoms with Gasteiger partial charge in [-0.1, -0.05) is 11.6 Å². The van der Waals surface area contributed by atoms with E-state index in [1.165, 1.54) is 0 Å². The van der Waals surface area contributed by atoms with Crippen molar-refractivity contribution in [1.82, 2.24) is 9.38 Å². The molecule has 0 bridgehead atoms. The van der Waals surface area contributed by atoms with Gasteiger partial charge in [0.15, 0.2) is 5.82 Å². The zero-order valence-corrected chi connectivity index (χ0v) is 13.5. The van der Waals surface area contributed by atoms with Gasteiger partial charge in [0.2, 0.25) is 0 Å². The molecule has 3 aromatic rings. The van der Waals surface area contributed by atoms with E-state index in [2.05, 4.69) is 15.2 Å². The van der Waals surface area contributed by atoms with E-state index in [0.717, 1.165) is 23.8 Å². The van der Waals surface area contributed by atoms with Crippen LogP contribution in [0.4, 0.5) is 24.7 Å². The minimum absolute atomic E-state index is 0.0482. The van der Waals surface area contributed by atoms with E-state index in [9.17, 15) is 13.2 Å². The van der Waals surface area contributed by atoms with Gasteiger partial charge < -0.3 is 0 Å². The number of fused-ring (bicyclic) bond motifs is 1. The summed E-state index contributed by atoms with van der Waals surface area (Å²) in [5, 5.41) is 8.03. The van der Waals surface area contributed by atoms with E-state index in [1.807, 2.05) is 19.1 Å². The molecule has 0 amide bonds. The van der Waals surface area contributed by atoms with Crippen LogP contribution in [0, 0.1) is 13.8 Å². The fourth-order valence-corrected chi connectivity index (χ4v) is 2.39. The van der Waals surface area contributed by atoms with Gasteiger partial charge in [-0.2, -0.15) is 13.2 Å². The molecule has 0 aliphatic heterocycles. The van der Waals surface area contributed by atoms with Gasteiger partial charge in [0.05, 0.1) is 16.3 Å². The van der Waals surface area contributed by atoms with Crippen molar-refractivity contribution in [3.63, 3.8) is 0 Å². The Kier molecular flexibility index (Phi) is 4.04. The molecule has 4 nitrogen and oxygen atoms in total. The number of alkyl halides is 3. The topological polar surface area (TPSA) is 42.0 Å². The Balaban J connectivity index is 2.04. The number of halogens is 4. The van der Waals surface area contributed by atoms with Crippen molar-refractivity contribution >= 4 is 28.8 Å². The Morgan fingerprint density at radius 3 is 2.54 bits per heavy atom. The van der Waals surface area contributed by atoms with Gasteiger partial charge in [0, 0.05) is 6.20 Å². The van der Waals surface area contributed by atoms with Crippen molar-refractivity contribution in [2.45, 2.75) is 20.0 Å². The summed E-state index contributed by atoms with van der Waals surface area (Å²) in [6, 6.07) is 6.69. The molecule has 0 saturated carbocycles. The summed E-state index contributed by atoms with van der Waals surface area (Å²) in [4.78, 5) is 4.36. The average molecular weight is 353 g/mol. The van der Waals surface area contributed by atoms with Crippen LogP contribution in [0.2, 0.25) is 5.02 Å². The third-order valence-corrected chi connectivity index (χ3v) is 3.77. The van der Waals surface area contributed by atoms with Crippen LogP contribution in [0.5, 0.6) is 0 Å². The van der Waals surface area contributed by atoms with Crippen LogP contribution < -0.4 is 0 Å². The molecule has 24 heavy (non-hydrogen) atoms. The van der Waals surface area contributed by atoms with E-state index in [1.54, 1.807) is 17.5 Å². The molecule has 0 aliphatic rings. The minimum Gasteiger partial charge on any atom is -0.283 e. The highest BCUT2D eigenvalue weighted by Crippen LogP contribution is 2.36. The van der Waals surface area contributed by atoms with Crippen LogP contribution in [-0.4, -0.2) is 9.38 Å². The van der Waals surface area contributed by atoms with Crippen molar-refractivity contribution in [2.75, 3.05) is 0 Å². The summed E-state index contributed by atoms with van der Waals surface area (Å²) in [6.45, 7) is 3.69. The summed E-state index contributed by atoms with van der Waals surface area (Å²) in [5.74, 6) is 0.443. The van der Waals surface area contributed by atoms with Crippen LogP contribution >= 0.6 is 11.6 Å². The molecular weight excluding hydrogens is 341 g/mol. The summed E-state index contributed by atoms with van der Waals surface area (Å²) in [5.41, 5.74) is 1.47. The number of hydrogen-bond donors (Lipinski definition) is 0. The Bertz CT molecular complexity index is 944. The molecule has 0 unspecified atom stereocenters. The summed E-state index contributed by atoms with van der Waals surface area (Å²) in [6.07, 6.45) is -2.68. The van der Waals surface area contributed by atoms with E-state index >= 15 is 0 Å². The second-order valence-electron chi connectivity index (χ2n) is 5.32. The molecule has 124 valence electrons. The molecular formula is C16H12ClF3N4. The number of rotatable bonds is 2. The minimum atomic E-state index is -4.47. The molecule has 1 aromatic carbocycles. The second-order valence-corrected chi connectivity index (χ2v) is 5.72. The first-order valence-electron chi connectivity index (χ1n) is 6.99. The average Bonchev–Trinajstić information content (AvgIpc) is 2.79. The number of aromatic nitrogens is 2. The van der Waals surface area contributed by atoms with Crippen molar-refractivity contribution < 1.29 is 13.2 Å².